The number of hydrogen-bond donors (Lipinski definition) is 3. The third-order valence-electron chi connectivity index (χ3n) is 3.46. The lowest BCUT2D eigenvalue weighted by atomic mass is 10.1. The van der Waals surface area contributed by atoms with E-state index in [1.165, 1.54) is 0 Å². The summed E-state index contributed by atoms with van der Waals surface area (Å²) in [6.45, 7) is 0. The van der Waals surface area contributed by atoms with Crippen molar-refractivity contribution >= 4 is 35.3 Å². The van der Waals surface area contributed by atoms with Gasteiger partial charge in [-0.25, -0.2) is 4.79 Å². The molecule has 0 radical (unpaired) electrons. The molecule has 1 rings (SSSR count). The van der Waals surface area contributed by atoms with E-state index >= 15 is 0 Å². The molecule has 0 saturated heterocycles. The van der Waals surface area contributed by atoms with Gasteiger partial charge in [0.05, 0.1) is 12.2 Å². The standard InChI is InChI=1S/C16H19F3N2O3S.C2HF3O2/c17-16(18,19)13(22)10-25-8-4-7-12(15(20)24)21-14(23)9-11-5-2-1-3-6-11;3-2(4,5)1(6)7/h1-3,5-6,12H,4,7-10H2,(H2,20,24)(H,21,23);(H,6,7)/t12-;/m0./s1. The number of carboxylic acid groups (broad SMARTS) is 1. The number of benzene rings is 1. The number of primary amides is 1. The molecule has 32 heavy (non-hydrogen) atoms. The summed E-state index contributed by atoms with van der Waals surface area (Å²) >= 11 is 0.829. The maximum atomic E-state index is 12.0. The number of carbonyl (C=O) groups is 4. The van der Waals surface area contributed by atoms with Crippen molar-refractivity contribution in [3.8, 4) is 0 Å². The van der Waals surface area contributed by atoms with Gasteiger partial charge in [-0.05, 0) is 24.2 Å². The Morgan fingerprint density at radius 3 is 1.97 bits per heavy atom. The minimum absolute atomic E-state index is 0.0967. The van der Waals surface area contributed by atoms with E-state index in [1.807, 2.05) is 6.07 Å². The van der Waals surface area contributed by atoms with Crippen LogP contribution < -0.4 is 11.1 Å². The summed E-state index contributed by atoms with van der Waals surface area (Å²) in [4.78, 5) is 42.9. The molecular formula is C18H20F6N2O5S. The number of amides is 2. The summed E-state index contributed by atoms with van der Waals surface area (Å²) in [6.07, 6.45) is -9.27. The quantitative estimate of drug-likeness (QED) is 0.342. The Kier molecular flexibility index (Phi) is 12.4. The van der Waals surface area contributed by atoms with Crippen LogP contribution in [0.5, 0.6) is 0 Å². The topological polar surface area (TPSA) is 127 Å². The van der Waals surface area contributed by atoms with Crippen molar-refractivity contribution in [1.29, 1.82) is 0 Å². The van der Waals surface area contributed by atoms with E-state index in [9.17, 15) is 40.7 Å². The van der Waals surface area contributed by atoms with Crippen LogP contribution in [0.15, 0.2) is 30.3 Å². The van der Waals surface area contributed by atoms with E-state index in [-0.39, 0.29) is 24.5 Å². The molecule has 1 aromatic carbocycles. The molecule has 0 aromatic heterocycles. The van der Waals surface area contributed by atoms with Gasteiger partial charge >= 0.3 is 18.3 Å². The first kappa shape index (κ1) is 29.2. The zero-order valence-corrected chi connectivity index (χ0v) is 17.1. The van der Waals surface area contributed by atoms with Gasteiger partial charge in [-0.15, -0.1) is 0 Å². The zero-order chi connectivity index (χ0) is 24.9. The van der Waals surface area contributed by atoms with Crippen LogP contribution in [0.4, 0.5) is 26.3 Å². The average Bonchev–Trinajstić information content (AvgIpc) is 2.66. The molecule has 180 valence electrons. The molecule has 14 heteroatoms. The molecule has 1 atom stereocenters. The van der Waals surface area contributed by atoms with Crippen LogP contribution in [-0.4, -0.2) is 58.6 Å². The SMILES string of the molecule is NC(=O)[C@H](CCCSCC(=O)C(F)(F)F)NC(=O)Cc1ccccc1.O=C(O)C(F)(F)F. The third-order valence-corrected chi connectivity index (χ3v) is 4.50. The van der Waals surface area contributed by atoms with Gasteiger partial charge in [0.1, 0.15) is 6.04 Å². The maximum Gasteiger partial charge on any atom is 0.490 e. The number of hydrogen-bond acceptors (Lipinski definition) is 5. The smallest absolute Gasteiger partial charge is 0.475 e. The molecule has 1 aromatic rings. The fraction of sp³-hybridized carbons (Fsp3) is 0.444. The van der Waals surface area contributed by atoms with E-state index in [0.717, 1.165) is 17.3 Å². The number of nitrogens with one attached hydrogen (secondary N) is 1. The van der Waals surface area contributed by atoms with E-state index in [4.69, 9.17) is 15.6 Å². The molecule has 0 spiro atoms. The van der Waals surface area contributed by atoms with Gasteiger partial charge in [0, 0.05) is 0 Å². The average molecular weight is 490 g/mol. The fourth-order valence-electron chi connectivity index (χ4n) is 1.95. The van der Waals surface area contributed by atoms with Gasteiger partial charge in [0.15, 0.2) is 0 Å². The second kappa shape index (κ2) is 13.6. The Labute approximate surface area is 182 Å². The predicted octanol–water partition coefficient (Wildman–Crippen LogP) is 2.48. The molecule has 0 unspecified atom stereocenters. The van der Waals surface area contributed by atoms with Crippen molar-refractivity contribution in [2.24, 2.45) is 5.73 Å². The monoisotopic (exact) mass is 490 g/mol. The van der Waals surface area contributed by atoms with Crippen LogP contribution in [0.3, 0.4) is 0 Å². The van der Waals surface area contributed by atoms with Gasteiger partial charge in [-0.3, -0.25) is 14.4 Å². The fourth-order valence-corrected chi connectivity index (χ4v) is 2.81. The maximum absolute atomic E-state index is 12.0. The lowest BCUT2D eigenvalue weighted by Gasteiger charge is -2.15. The minimum Gasteiger partial charge on any atom is -0.475 e. The highest BCUT2D eigenvalue weighted by atomic mass is 32.2. The highest BCUT2D eigenvalue weighted by molar-refractivity contribution is 7.99. The van der Waals surface area contributed by atoms with Gasteiger partial charge in [0.2, 0.25) is 17.6 Å². The van der Waals surface area contributed by atoms with Crippen molar-refractivity contribution in [2.45, 2.75) is 37.7 Å². The number of ketones is 1. The number of carbonyl (C=O) groups excluding carboxylic acids is 3. The van der Waals surface area contributed by atoms with Crippen molar-refractivity contribution in [2.75, 3.05) is 11.5 Å². The first-order chi connectivity index (χ1) is 14.6. The van der Waals surface area contributed by atoms with E-state index in [2.05, 4.69) is 5.32 Å². The van der Waals surface area contributed by atoms with Crippen LogP contribution in [0.25, 0.3) is 0 Å². The number of rotatable bonds is 10. The molecule has 0 aliphatic heterocycles. The summed E-state index contributed by atoms with van der Waals surface area (Å²) in [5.74, 6) is -6.04. The zero-order valence-electron chi connectivity index (χ0n) is 16.3. The van der Waals surface area contributed by atoms with Gasteiger partial charge in [-0.1, -0.05) is 30.3 Å². The minimum atomic E-state index is -5.08. The number of nitrogens with two attached hydrogens (primary N) is 1. The molecule has 0 heterocycles. The number of aliphatic carboxylic acids is 1. The number of Topliss-reactive ketones (excluding diaryl/α,β-unsaturated/α-hetero) is 1. The van der Waals surface area contributed by atoms with E-state index < -0.39 is 41.8 Å². The number of thioether (sulfide) groups is 1. The molecule has 0 aliphatic rings. The molecule has 2 amide bonds. The molecular weight excluding hydrogens is 470 g/mol. The van der Waals surface area contributed by atoms with E-state index in [0.29, 0.717) is 6.42 Å². The van der Waals surface area contributed by atoms with Crippen molar-refractivity contribution in [3.05, 3.63) is 35.9 Å². The van der Waals surface area contributed by atoms with Crippen LogP contribution in [-0.2, 0) is 25.6 Å². The van der Waals surface area contributed by atoms with Gasteiger partial charge in [-0.2, -0.15) is 38.1 Å². The predicted molar refractivity (Wildman–Crippen MR) is 103 cm³/mol. The number of alkyl halides is 6. The second-order valence-corrected chi connectivity index (χ2v) is 7.21. The van der Waals surface area contributed by atoms with Crippen molar-refractivity contribution in [1.82, 2.24) is 5.32 Å². The molecule has 0 aliphatic carbocycles. The van der Waals surface area contributed by atoms with Crippen LogP contribution >= 0.6 is 11.8 Å². The summed E-state index contributed by atoms with van der Waals surface area (Å²) in [5, 5.41) is 9.64. The number of halogens is 6. The Balaban J connectivity index is 0.00000118. The lowest BCUT2D eigenvalue weighted by Crippen LogP contribution is -2.45. The molecule has 7 nitrogen and oxygen atoms in total. The van der Waals surface area contributed by atoms with Gasteiger partial charge in [0.25, 0.3) is 0 Å². The summed E-state index contributed by atoms with van der Waals surface area (Å²) in [5.41, 5.74) is 6.02. The molecule has 0 fully saturated rings. The second-order valence-electron chi connectivity index (χ2n) is 6.10. The Bertz CT molecular complexity index is 771. The lowest BCUT2D eigenvalue weighted by molar-refractivity contribution is -0.192. The third kappa shape index (κ3) is 13.5. The normalized spacial score (nSPS) is 12.2. The molecule has 0 saturated carbocycles. The van der Waals surface area contributed by atoms with Crippen molar-refractivity contribution < 1.29 is 50.6 Å². The summed E-state index contributed by atoms with van der Waals surface area (Å²) < 4.78 is 67.9. The molecule has 0 bridgehead atoms. The highest BCUT2D eigenvalue weighted by Gasteiger charge is 2.38. The first-order valence-electron chi connectivity index (χ1n) is 8.75. The van der Waals surface area contributed by atoms with Crippen molar-refractivity contribution in [3.63, 3.8) is 0 Å². The van der Waals surface area contributed by atoms with Crippen LogP contribution in [0, 0.1) is 0 Å². The number of carboxylic acids is 1. The van der Waals surface area contributed by atoms with E-state index in [1.54, 1.807) is 24.3 Å². The summed E-state index contributed by atoms with van der Waals surface area (Å²) in [7, 11) is 0. The molecule has 4 N–H and O–H groups in total. The van der Waals surface area contributed by atoms with Gasteiger partial charge < -0.3 is 16.2 Å². The first-order valence-corrected chi connectivity index (χ1v) is 9.90. The largest absolute Gasteiger partial charge is 0.490 e. The summed E-state index contributed by atoms with van der Waals surface area (Å²) in [6, 6.07) is 8.03. The Hall–Kier alpha value is -2.77. The van der Waals surface area contributed by atoms with Crippen LogP contribution in [0.2, 0.25) is 0 Å². The highest BCUT2D eigenvalue weighted by Crippen LogP contribution is 2.19. The Morgan fingerprint density at radius 1 is 1.00 bits per heavy atom. The van der Waals surface area contributed by atoms with Crippen LogP contribution in [0.1, 0.15) is 18.4 Å². The Morgan fingerprint density at radius 2 is 1.53 bits per heavy atom.